The number of primary amides is 3. The van der Waals surface area contributed by atoms with Crippen LogP contribution < -0.4 is 71.6 Å². The van der Waals surface area contributed by atoms with Gasteiger partial charge in [-0.05, 0) is 61.1 Å². The lowest BCUT2D eigenvalue weighted by molar-refractivity contribution is -0.135. The number of hydrogen-bond acceptors (Lipinski definition) is 12. The minimum Gasteiger partial charge on any atom is -0.370 e. The molecule has 0 bridgehead atoms. The summed E-state index contributed by atoms with van der Waals surface area (Å²) in [5, 5.41) is 17.9. The molecule has 3 aromatic rings. The van der Waals surface area contributed by atoms with Gasteiger partial charge in [0.05, 0.1) is 12.6 Å². The number of rotatable bonds is 33. The molecule has 0 aliphatic carbocycles. The molecule has 3 aromatic carbocycles. The number of carbonyl (C=O) groups excluding carboxylic acids is 10. The summed E-state index contributed by atoms with van der Waals surface area (Å²) in [5.74, 6) is -8.65. The highest BCUT2D eigenvalue weighted by molar-refractivity contribution is 5.97. The summed E-state index contributed by atoms with van der Waals surface area (Å²) >= 11 is 0. The Morgan fingerprint density at radius 2 is 0.867 bits per heavy atom. The quantitative estimate of drug-likeness (QED) is 0.0167. The fourth-order valence-electron chi connectivity index (χ4n) is 7.58. The van der Waals surface area contributed by atoms with Crippen LogP contribution in [0.4, 0.5) is 0 Å². The molecule has 0 saturated carbocycles. The topological polar surface area (TPSA) is 423 Å². The Morgan fingerprint density at radius 3 is 1.33 bits per heavy atom. The van der Waals surface area contributed by atoms with Crippen LogP contribution in [0.15, 0.2) is 96.0 Å². The van der Waals surface area contributed by atoms with Crippen molar-refractivity contribution in [3.8, 4) is 0 Å². The third-order valence-corrected chi connectivity index (χ3v) is 11.5. The first kappa shape index (κ1) is 60.9. The number of benzene rings is 3. The van der Waals surface area contributed by atoms with Crippen LogP contribution in [0.3, 0.4) is 0 Å². The smallest absolute Gasteiger partial charge is 0.243 e. The van der Waals surface area contributed by atoms with Gasteiger partial charge in [-0.25, -0.2) is 0 Å². The molecule has 10 amide bonds. The highest BCUT2D eigenvalue weighted by Crippen LogP contribution is 2.12. The van der Waals surface area contributed by atoms with Gasteiger partial charge in [-0.2, -0.15) is 0 Å². The van der Waals surface area contributed by atoms with Crippen molar-refractivity contribution >= 4 is 65.0 Å². The Morgan fingerprint density at radius 1 is 0.467 bits per heavy atom. The van der Waals surface area contributed by atoms with Crippen LogP contribution in [-0.4, -0.2) is 120 Å². The molecule has 7 atom stereocenters. The molecular weight excluding hydrogens is 969 g/mol. The van der Waals surface area contributed by atoms with E-state index in [2.05, 4.69) is 42.2 Å². The maximum atomic E-state index is 14.2. The summed E-state index contributed by atoms with van der Waals surface area (Å²) in [7, 11) is 0. The zero-order chi connectivity index (χ0) is 55.5. The van der Waals surface area contributed by atoms with Crippen molar-refractivity contribution in [1.82, 2.24) is 37.2 Å². The average molecular weight is 1040 g/mol. The average Bonchev–Trinajstić information content (AvgIpc) is 3.36. The van der Waals surface area contributed by atoms with Gasteiger partial charge in [0.25, 0.3) is 0 Å². The van der Waals surface area contributed by atoms with Gasteiger partial charge < -0.3 is 71.6 Å². The lowest BCUT2D eigenvalue weighted by Crippen LogP contribution is -2.59. The van der Waals surface area contributed by atoms with Crippen molar-refractivity contribution in [3.63, 3.8) is 0 Å². The zero-order valence-corrected chi connectivity index (χ0v) is 42.3. The van der Waals surface area contributed by atoms with E-state index < -0.39 is 121 Å². The molecule has 406 valence electrons. The molecule has 0 aliphatic rings. The van der Waals surface area contributed by atoms with E-state index in [1.54, 1.807) is 60.7 Å². The largest absolute Gasteiger partial charge is 0.370 e. The summed E-state index contributed by atoms with van der Waals surface area (Å²) in [6.07, 6.45) is -1.06. The lowest BCUT2D eigenvalue weighted by atomic mass is 9.99. The number of nitrogens with two attached hydrogens (primary N) is 6. The SMILES string of the molecule is CC(C)C[C@H](NC(=O)[C@@H](N)Cc1ccccc1)C(=O)N[C@@H](Cc1ccccc1)C(=O)N[C@@H](CCC(N)=O)C(=O)NCC(=O)N[C@@H](CCC(N)=O)C(=O)N[C@@H](CCCN=C(N)N)C(=O)N[C@@H](Cc1ccccc1)C(N)=O. The van der Waals surface area contributed by atoms with Crippen LogP contribution in [0.2, 0.25) is 0 Å². The first-order chi connectivity index (χ1) is 35.6. The molecule has 24 nitrogen and oxygen atoms in total. The van der Waals surface area contributed by atoms with E-state index in [9.17, 15) is 47.9 Å². The van der Waals surface area contributed by atoms with Crippen molar-refractivity contribution in [2.24, 2.45) is 45.3 Å². The molecule has 3 rings (SSSR count). The number of nitrogens with zero attached hydrogens (tertiary/aromatic N) is 1. The minimum atomic E-state index is -1.51. The molecule has 0 aliphatic heterocycles. The van der Waals surface area contributed by atoms with E-state index in [4.69, 9.17) is 34.4 Å². The molecule has 19 N–H and O–H groups in total. The fraction of sp³-hybridized carbons (Fsp3) is 0.431. The number of amides is 10. The van der Waals surface area contributed by atoms with Crippen LogP contribution in [0.1, 0.15) is 75.5 Å². The van der Waals surface area contributed by atoms with E-state index >= 15 is 0 Å². The van der Waals surface area contributed by atoms with Gasteiger partial charge in [0.2, 0.25) is 59.1 Å². The molecule has 0 saturated heterocycles. The zero-order valence-electron chi connectivity index (χ0n) is 42.3. The third kappa shape index (κ3) is 23.8. The van der Waals surface area contributed by atoms with Gasteiger partial charge in [-0.15, -0.1) is 0 Å². The Kier molecular flexibility index (Phi) is 25.9. The molecular formula is C51H72N14O10. The van der Waals surface area contributed by atoms with Crippen LogP contribution in [0.25, 0.3) is 0 Å². The summed E-state index contributed by atoms with van der Waals surface area (Å²) in [5.41, 5.74) is 35.7. The van der Waals surface area contributed by atoms with E-state index in [0.29, 0.717) is 11.1 Å². The summed E-state index contributed by atoms with van der Waals surface area (Å²) in [6.45, 7) is 2.94. The number of hydrogen-bond donors (Lipinski definition) is 13. The molecule has 0 spiro atoms. The second-order valence-electron chi connectivity index (χ2n) is 18.3. The van der Waals surface area contributed by atoms with Crippen LogP contribution in [0.5, 0.6) is 0 Å². The number of aliphatic imine (C=N–C) groups is 1. The van der Waals surface area contributed by atoms with E-state index in [1.165, 1.54) is 0 Å². The van der Waals surface area contributed by atoms with E-state index in [0.717, 1.165) is 5.56 Å². The van der Waals surface area contributed by atoms with E-state index in [1.807, 2.05) is 44.2 Å². The minimum absolute atomic E-state index is 0.0312. The van der Waals surface area contributed by atoms with Crippen molar-refractivity contribution < 1.29 is 47.9 Å². The third-order valence-electron chi connectivity index (χ3n) is 11.5. The van der Waals surface area contributed by atoms with Gasteiger partial charge >= 0.3 is 0 Å². The van der Waals surface area contributed by atoms with Gasteiger partial charge in [-0.1, -0.05) is 105 Å². The molecule has 0 fully saturated rings. The summed E-state index contributed by atoms with van der Waals surface area (Å²) in [6, 6.07) is 17.4. The van der Waals surface area contributed by atoms with Crippen molar-refractivity contribution in [2.45, 2.75) is 120 Å². The maximum absolute atomic E-state index is 14.2. The number of carbonyl (C=O) groups is 10. The lowest BCUT2D eigenvalue weighted by Gasteiger charge is -2.27. The molecule has 0 unspecified atom stereocenters. The first-order valence-electron chi connectivity index (χ1n) is 24.5. The summed E-state index contributed by atoms with van der Waals surface area (Å²) in [4.78, 5) is 136. The Balaban J connectivity index is 1.80. The Hall–Kier alpha value is -8.41. The Labute approximate surface area is 435 Å². The number of guanidine groups is 1. The normalized spacial score (nSPS) is 13.7. The van der Waals surface area contributed by atoms with Crippen LogP contribution in [-0.2, 0) is 67.2 Å². The first-order valence-corrected chi connectivity index (χ1v) is 24.5. The predicted octanol–water partition coefficient (Wildman–Crippen LogP) is -2.82. The van der Waals surface area contributed by atoms with Crippen LogP contribution >= 0.6 is 0 Å². The Bertz CT molecular complexity index is 2420. The van der Waals surface area contributed by atoms with Gasteiger partial charge in [0.15, 0.2) is 5.96 Å². The standard InChI is InChI=1S/C51H72N14O10/c1-30(2)25-39(64-45(70)34(52)26-31-13-6-3-7-14-31)49(74)65-40(28-33-17-10-5-11-18-33)50(75)62-36(20-22-41(53)66)46(71)59-29-43(68)60-37(21-23-42(54)67)48(73)61-35(19-12-24-58-51(56)57)47(72)63-38(44(55)69)27-32-15-8-4-9-16-32/h3-11,13-18,30,34-40H,12,19-29,52H2,1-2H3,(H2,53,66)(H2,54,67)(H2,55,69)(H,59,71)(H,60,68)(H,61,73)(H,62,75)(H,63,72)(H,64,70)(H,65,74)(H4,56,57,58)/t34-,35-,36-,37-,38-,39-,40-/m0/s1. The van der Waals surface area contributed by atoms with Crippen molar-refractivity contribution in [3.05, 3.63) is 108 Å². The van der Waals surface area contributed by atoms with Gasteiger partial charge in [-0.3, -0.25) is 52.9 Å². The second-order valence-corrected chi connectivity index (χ2v) is 18.3. The van der Waals surface area contributed by atoms with E-state index in [-0.39, 0.29) is 69.8 Å². The van der Waals surface area contributed by atoms with Crippen molar-refractivity contribution in [1.29, 1.82) is 0 Å². The molecule has 0 heterocycles. The molecule has 75 heavy (non-hydrogen) atoms. The van der Waals surface area contributed by atoms with Crippen LogP contribution in [0, 0.1) is 5.92 Å². The van der Waals surface area contributed by atoms with Gasteiger partial charge in [0.1, 0.15) is 36.3 Å². The number of nitrogens with one attached hydrogen (secondary N) is 7. The predicted molar refractivity (Wildman–Crippen MR) is 278 cm³/mol. The molecule has 0 radical (unpaired) electrons. The summed E-state index contributed by atoms with van der Waals surface area (Å²) < 4.78 is 0. The second kappa shape index (κ2) is 31.9. The molecule has 0 aromatic heterocycles. The van der Waals surface area contributed by atoms with Crippen molar-refractivity contribution in [2.75, 3.05) is 13.1 Å². The highest BCUT2D eigenvalue weighted by Gasteiger charge is 2.33. The fourth-order valence-corrected chi connectivity index (χ4v) is 7.58. The van der Waals surface area contributed by atoms with Gasteiger partial charge in [0, 0.05) is 32.2 Å². The molecule has 24 heteroatoms. The maximum Gasteiger partial charge on any atom is 0.243 e. The highest BCUT2D eigenvalue weighted by atomic mass is 16.2. The monoisotopic (exact) mass is 1040 g/mol.